The largest absolute Gasteiger partial charge is 0.309 e. The van der Waals surface area contributed by atoms with Crippen LogP contribution in [0, 0.1) is 5.82 Å². The lowest BCUT2D eigenvalue weighted by Crippen LogP contribution is -2.55. The van der Waals surface area contributed by atoms with Gasteiger partial charge in [-0.2, -0.15) is 4.31 Å². The third-order valence-corrected chi connectivity index (χ3v) is 5.52. The molecule has 0 amide bonds. The van der Waals surface area contributed by atoms with Gasteiger partial charge < -0.3 is 5.32 Å². The van der Waals surface area contributed by atoms with Crippen molar-refractivity contribution in [1.29, 1.82) is 0 Å². The minimum atomic E-state index is -3.63. The third kappa shape index (κ3) is 3.16. The van der Waals surface area contributed by atoms with Crippen LogP contribution in [0.15, 0.2) is 27.6 Å². The lowest BCUT2D eigenvalue weighted by Gasteiger charge is -2.35. The molecule has 2 unspecified atom stereocenters. The maximum Gasteiger partial charge on any atom is 0.243 e. The number of hydrogen-bond donors (Lipinski definition) is 1. The van der Waals surface area contributed by atoms with Gasteiger partial charge in [-0.15, -0.1) is 0 Å². The first-order valence-electron chi connectivity index (χ1n) is 6.02. The van der Waals surface area contributed by atoms with Crippen LogP contribution in [-0.2, 0) is 10.0 Å². The molecule has 1 aromatic rings. The van der Waals surface area contributed by atoms with Crippen LogP contribution in [0.2, 0.25) is 0 Å². The number of sulfonamides is 1. The molecule has 19 heavy (non-hydrogen) atoms. The molecule has 1 aliphatic rings. The number of nitrogens with zero attached hydrogens (tertiary/aromatic N) is 1. The van der Waals surface area contributed by atoms with E-state index >= 15 is 0 Å². The Morgan fingerprint density at radius 2 is 1.89 bits per heavy atom. The van der Waals surface area contributed by atoms with E-state index in [1.165, 1.54) is 16.4 Å². The SMILES string of the molecule is CC1CN(S(=O)(=O)c2ccc(Br)c(F)c2)CC(C)N1. The zero-order valence-corrected chi connectivity index (χ0v) is 13.1. The first kappa shape index (κ1) is 14.9. The molecular weight excluding hydrogens is 335 g/mol. The second-order valence-electron chi connectivity index (χ2n) is 4.87. The molecule has 1 saturated heterocycles. The van der Waals surface area contributed by atoms with Gasteiger partial charge in [0.2, 0.25) is 10.0 Å². The Kier molecular flexibility index (Phi) is 4.29. The van der Waals surface area contributed by atoms with Crippen molar-refractivity contribution >= 4 is 26.0 Å². The summed E-state index contributed by atoms with van der Waals surface area (Å²) in [6.45, 7) is 4.65. The summed E-state index contributed by atoms with van der Waals surface area (Å²) in [5.41, 5.74) is 0. The Labute approximate surface area is 121 Å². The first-order valence-corrected chi connectivity index (χ1v) is 8.25. The molecule has 2 rings (SSSR count). The fraction of sp³-hybridized carbons (Fsp3) is 0.500. The molecule has 0 aliphatic carbocycles. The van der Waals surface area contributed by atoms with Crippen LogP contribution in [-0.4, -0.2) is 37.9 Å². The molecule has 0 radical (unpaired) electrons. The van der Waals surface area contributed by atoms with Gasteiger partial charge in [0.25, 0.3) is 0 Å². The minimum absolute atomic E-state index is 0.00509. The van der Waals surface area contributed by atoms with Crippen LogP contribution in [0.5, 0.6) is 0 Å². The maximum atomic E-state index is 13.5. The highest BCUT2D eigenvalue weighted by atomic mass is 79.9. The zero-order chi connectivity index (χ0) is 14.2. The van der Waals surface area contributed by atoms with Gasteiger partial charge in [-0.3, -0.25) is 0 Å². The molecular formula is C12H16BrFN2O2S. The number of piperazine rings is 1. The summed E-state index contributed by atoms with van der Waals surface area (Å²) in [5, 5.41) is 3.27. The Morgan fingerprint density at radius 3 is 2.42 bits per heavy atom. The Hall–Kier alpha value is -0.500. The quantitative estimate of drug-likeness (QED) is 0.886. The van der Waals surface area contributed by atoms with Gasteiger partial charge in [-0.25, -0.2) is 12.8 Å². The normalized spacial score (nSPS) is 25.5. The van der Waals surface area contributed by atoms with Gasteiger partial charge in [0, 0.05) is 25.2 Å². The van der Waals surface area contributed by atoms with Gasteiger partial charge in [-0.05, 0) is 48.0 Å². The summed E-state index contributed by atoms with van der Waals surface area (Å²) in [5.74, 6) is -0.572. The highest BCUT2D eigenvalue weighted by Gasteiger charge is 2.31. The molecule has 1 N–H and O–H groups in total. The highest BCUT2D eigenvalue weighted by molar-refractivity contribution is 9.10. The lowest BCUT2D eigenvalue weighted by molar-refractivity contribution is 0.263. The van der Waals surface area contributed by atoms with Crippen molar-refractivity contribution in [1.82, 2.24) is 9.62 Å². The second kappa shape index (κ2) is 5.47. The van der Waals surface area contributed by atoms with Crippen molar-refractivity contribution in [2.24, 2.45) is 0 Å². The minimum Gasteiger partial charge on any atom is -0.309 e. The second-order valence-corrected chi connectivity index (χ2v) is 7.66. The summed E-state index contributed by atoms with van der Waals surface area (Å²) >= 11 is 3.02. The van der Waals surface area contributed by atoms with E-state index in [1.54, 1.807) is 0 Å². The predicted octanol–water partition coefficient (Wildman–Crippen LogP) is 1.96. The highest BCUT2D eigenvalue weighted by Crippen LogP contribution is 2.23. The zero-order valence-electron chi connectivity index (χ0n) is 10.7. The monoisotopic (exact) mass is 350 g/mol. The number of benzene rings is 1. The van der Waals surface area contributed by atoms with Crippen molar-refractivity contribution in [2.45, 2.75) is 30.8 Å². The van der Waals surface area contributed by atoms with Crippen molar-refractivity contribution in [2.75, 3.05) is 13.1 Å². The predicted molar refractivity (Wildman–Crippen MR) is 74.9 cm³/mol. The number of hydrogen-bond acceptors (Lipinski definition) is 3. The standard InChI is InChI=1S/C12H16BrFN2O2S/c1-8-6-16(7-9(2)15-8)19(17,18)10-3-4-11(13)12(14)5-10/h3-5,8-9,15H,6-7H2,1-2H3. The molecule has 1 aromatic carbocycles. The van der Waals surface area contributed by atoms with Crippen LogP contribution in [0.4, 0.5) is 4.39 Å². The molecule has 2 atom stereocenters. The molecule has 1 fully saturated rings. The molecule has 0 bridgehead atoms. The van der Waals surface area contributed by atoms with E-state index in [-0.39, 0.29) is 21.5 Å². The van der Waals surface area contributed by atoms with E-state index in [4.69, 9.17) is 0 Å². The molecule has 0 spiro atoms. The van der Waals surface area contributed by atoms with Gasteiger partial charge in [0.1, 0.15) is 5.82 Å². The molecule has 7 heteroatoms. The van der Waals surface area contributed by atoms with Crippen molar-refractivity contribution in [3.05, 3.63) is 28.5 Å². The molecule has 0 saturated carbocycles. The topological polar surface area (TPSA) is 49.4 Å². The summed E-state index contributed by atoms with van der Waals surface area (Å²) < 4.78 is 40.1. The van der Waals surface area contributed by atoms with E-state index in [0.29, 0.717) is 13.1 Å². The van der Waals surface area contributed by atoms with Crippen LogP contribution >= 0.6 is 15.9 Å². The number of halogens is 2. The maximum absolute atomic E-state index is 13.5. The molecule has 4 nitrogen and oxygen atoms in total. The van der Waals surface area contributed by atoms with Crippen LogP contribution in [0.1, 0.15) is 13.8 Å². The van der Waals surface area contributed by atoms with Crippen LogP contribution < -0.4 is 5.32 Å². The first-order chi connectivity index (χ1) is 8.80. The van der Waals surface area contributed by atoms with Gasteiger partial charge >= 0.3 is 0 Å². The summed E-state index contributed by atoms with van der Waals surface area (Å²) in [7, 11) is -3.63. The summed E-state index contributed by atoms with van der Waals surface area (Å²) in [6, 6.07) is 4.05. The fourth-order valence-corrected chi connectivity index (χ4v) is 4.14. The van der Waals surface area contributed by atoms with Crippen molar-refractivity contribution in [3.8, 4) is 0 Å². The fourth-order valence-electron chi connectivity index (χ4n) is 2.26. The molecule has 106 valence electrons. The third-order valence-electron chi connectivity index (χ3n) is 3.05. The van der Waals surface area contributed by atoms with Crippen LogP contribution in [0.25, 0.3) is 0 Å². The molecule has 0 aromatic heterocycles. The average Bonchev–Trinajstić information content (AvgIpc) is 2.31. The summed E-state index contributed by atoms with van der Waals surface area (Å²) in [6.07, 6.45) is 0. The van der Waals surface area contributed by atoms with Crippen LogP contribution in [0.3, 0.4) is 0 Å². The summed E-state index contributed by atoms with van der Waals surface area (Å²) in [4.78, 5) is -0.00509. The Morgan fingerprint density at radius 1 is 1.32 bits per heavy atom. The lowest BCUT2D eigenvalue weighted by atomic mass is 10.2. The number of nitrogens with one attached hydrogen (secondary N) is 1. The van der Waals surface area contributed by atoms with Gasteiger partial charge in [-0.1, -0.05) is 0 Å². The van der Waals surface area contributed by atoms with E-state index in [0.717, 1.165) is 6.07 Å². The average molecular weight is 351 g/mol. The van der Waals surface area contributed by atoms with E-state index in [9.17, 15) is 12.8 Å². The molecule has 1 aliphatic heterocycles. The van der Waals surface area contributed by atoms with Crippen molar-refractivity contribution < 1.29 is 12.8 Å². The number of rotatable bonds is 2. The Balaban J connectivity index is 2.33. The molecule has 1 heterocycles. The van der Waals surface area contributed by atoms with Gasteiger partial charge in [0.05, 0.1) is 9.37 Å². The van der Waals surface area contributed by atoms with E-state index in [1.807, 2.05) is 13.8 Å². The van der Waals surface area contributed by atoms with Crippen molar-refractivity contribution in [3.63, 3.8) is 0 Å². The Bertz CT molecular complexity index is 569. The van der Waals surface area contributed by atoms with Gasteiger partial charge in [0.15, 0.2) is 0 Å². The van der Waals surface area contributed by atoms with E-state index in [2.05, 4.69) is 21.2 Å². The smallest absolute Gasteiger partial charge is 0.243 e. The van der Waals surface area contributed by atoms with E-state index < -0.39 is 15.8 Å².